The third-order valence-electron chi connectivity index (χ3n) is 3.52. The van der Waals surface area contributed by atoms with Crippen LogP contribution in [-0.4, -0.2) is 25.2 Å². The van der Waals surface area contributed by atoms with Gasteiger partial charge >= 0.3 is 5.97 Å². The topological polar surface area (TPSA) is 38.3 Å². The highest BCUT2D eigenvalue weighted by atomic mass is 79.9. The highest BCUT2D eigenvalue weighted by Gasteiger charge is 2.32. The molecule has 0 saturated heterocycles. The highest BCUT2D eigenvalue weighted by Crippen LogP contribution is 2.37. The summed E-state index contributed by atoms with van der Waals surface area (Å²) in [6, 6.07) is 8.68. The Morgan fingerprint density at radius 1 is 1.39 bits per heavy atom. The molecule has 1 fully saturated rings. The number of ether oxygens (including phenoxy) is 1. The fourth-order valence-electron chi connectivity index (χ4n) is 2.36. The molecule has 98 valence electrons. The van der Waals surface area contributed by atoms with Crippen LogP contribution in [0.4, 0.5) is 0 Å². The molecule has 1 aliphatic carbocycles. The van der Waals surface area contributed by atoms with E-state index in [0.717, 1.165) is 17.3 Å². The molecule has 0 aromatic heterocycles. The van der Waals surface area contributed by atoms with Gasteiger partial charge < -0.3 is 10.1 Å². The molecule has 1 aliphatic rings. The Labute approximate surface area is 116 Å². The Morgan fingerprint density at radius 3 is 2.56 bits per heavy atom. The van der Waals surface area contributed by atoms with E-state index in [4.69, 9.17) is 4.74 Å². The fourth-order valence-corrected chi connectivity index (χ4v) is 2.62. The van der Waals surface area contributed by atoms with Crippen molar-refractivity contribution < 1.29 is 9.53 Å². The lowest BCUT2D eigenvalue weighted by molar-refractivity contribution is -0.143. The summed E-state index contributed by atoms with van der Waals surface area (Å²) >= 11 is 3.44. The molecule has 2 rings (SSSR count). The van der Waals surface area contributed by atoms with Gasteiger partial charge in [0.25, 0.3) is 0 Å². The SMILES string of the molecule is COC(=O)[C@@H](C)NC1CC(c2ccc(Br)cc2)C1. The van der Waals surface area contributed by atoms with E-state index in [1.54, 1.807) is 0 Å². The number of carbonyl (C=O) groups is 1. The normalized spacial score (nSPS) is 24.2. The lowest BCUT2D eigenvalue weighted by Gasteiger charge is -2.37. The number of rotatable bonds is 4. The minimum Gasteiger partial charge on any atom is -0.468 e. The second kappa shape index (κ2) is 5.85. The van der Waals surface area contributed by atoms with Crippen molar-refractivity contribution in [3.8, 4) is 0 Å². The number of methoxy groups -OCH3 is 1. The van der Waals surface area contributed by atoms with Crippen molar-refractivity contribution in [1.29, 1.82) is 0 Å². The van der Waals surface area contributed by atoms with Crippen LogP contribution in [0, 0.1) is 0 Å². The van der Waals surface area contributed by atoms with Crippen molar-refractivity contribution in [1.82, 2.24) is 5.32 Å². The van der Waals surface area contributed by atoms with Crippen LogP contribution in [0.25, 0.3) is 0 Å². The molecule has 1 aromatic rings. The molecule has 0 amide bonds. The molecule has 0 aliphatic heterocycles. The molecule has 0 unspecified atom stereocenters. The molecule has 1 atom stereocenters. The smallest absolute Gasteiger partial charge is 0.322 e. The fraction of sp³-hybridized carbons (Fsp3) is 0.500. The van der Waals surface area contributed by atoms with Crippen LogP contribution >= 0.6 is 15.9 Å². The van der Waals surface area contributed by atoms with Gasteiger partial charge in [-0.05, 0) is 43.4 Å². The Bertz CT molecular complexity index is 412. The summed E-state index contributed by atoms with van der Waals surface area (Å²) in [5.41, 5.74) is 1.38. The zero-order valence-electron chi connectivity index (χ0n) is 10.7. The first-order chi connectivity index (χ1) is 8.60. The van der Waals surface area contributed by atoms with Gasteiger partial charge in [-0.2, -0.15) is 0 Å². The summed E-state index contributed by atoms with van der Waals surface area (Å²) in [6.07, 6.45) is 2.17. The summed E-state index contributed by atoms with van der Waals surface area (Å²) in [4.78, 5) is 11.3. The van der Waals surface area contributed by atoms with E-state index < -0.39 is 0 Å². The molecule has 0 spiro atoms. The van der Waals surface area contributed by atoms with E-state index in [9.17, 15) is 4.79 Å². The lowest BCUT2D eigenvalue weighted by atomic mass is 9.75. The number of benzene rings is 1. The maximum absolute atomic E-state index is 11.3. The molecule has 1 aromatic carbocycles. The van der Waals surface area contributed by atoms with Gasteiger partial charge in [-0.1, -0.05) is 28.1 Å². The average Bonchev–Trinajstić information content (AvgIpc) is 2.33. The van der Waals surface area contributed by atoms with Crippen molar-refractivity contribution in [2.24, 2.45) is 0 Å². The summed E-state index contributed by atoms with van der Waals surface area (Å²) in [5.74, 6) is 0.419. The molecule has 3 nitrogen and oxygen atoms in total. The standard InChI is InChI=1S/C14H18BrNO2/c1-9(14(17)18-2)16-13-7-11(8-13)10-3-5-12(15)6-4-10/h3-6,9,11,13,16H,7-8H2,1-2H3/t9-,11?,13?/m1/s1. The molecule has 1 N–H and O–H groups in total. The summed E-state index contributed by atoms with van der Waals surface area (Å²) in [5, 5.41) is 3.29. The quantitative estimate of drug-likeness (QED) is 0.869. The molecule has 4 heteroatoms. The van der Waals surface area contributed by atoms with Gasteiger partial charge in [0.2, 0.25) is 0 Å². The first-order valence-electron chi connectivity index (χ1n) is 6.19. The van der Waals surface area contributed by atoms with E-state index in [1.807, 2.05) is 6.92 Å². The van der Waals surface area contributed by atoms with Gasteiger partial charge in [-0.3, -0.25) is 4.79 Å². The van der Waals surface area contributed by atoms with Gasteiger partial charge in [0.15, 0.2) is 0 Å². The monoisotopic (exact) mass is 311 g/mol. The first kappa shape index (κ1) is 13.6. The lowest BCUT2D eigenvalue weighted by Crippen LogP contribution is -2.47. The van der Waals surface area contributed by atoms with Crippen LogP contribution in [0.1, 0.15) is 31.2 Å². The van der Waals surface area contributed by atoms with Gasteiger partial charge in [0.05, 0.1) is 7.11 Å². The Balaban J connectivity index is 1.80. The number of esters is 1. The second-order valence-electron chi connectivity index (χ2n) is 4.83. The second-order valence-corrected chi connectivity index (χ2v) is 5.74. The van der Waals surface area contributed by atoms with Gasteiger partial charge in [0.1, 0.15) is 6.04 Å². The Hall–Kier alpha value is -0.870. The largest absolute Gasteiger partial charge is 0.468 e. The van der Waals surface area contributed by atoms with Gasteiger partial charge in [-0.15, -0.1) is 0 Å². The number of carbonyl (C=O) groups excluding carboxylic acids is 1. The van der Waals surface area contributed by atoms with Gasteiger partial charge in [0, 0.05) is 10.5 Å². The van der Waals surface area contributed by atoms with E-state index in [0.29, 0.717) is 12.0 Å². The van der Waals surface area contributed by atoms with Crippen LogP contribution in [0.2, 0.25) is 0 Å². The van der Waals surface area contributed by atoms with Gasteiger partial charge in [-0.25, -0.2) is 0 Å². The molecule has 1 saturated carbocycles. The Morgan fingerprint density at radius 2 is 2.00 bits per heavy atom. The molecule has 18 heavy (non-hydrogen) atoms. The van der Waals surface area contributed by atoms with Crippen LogP contribution in [0.3, 0.4) is 0 Å². The number of hydrogen-bond acceptors (Lipinski definition) is 3. The first-order valence-corrected chi connectivity index (χ1v) is 6.98. The molecule has 0 bridgehead atoms. The summed E-state index contributed by atoms with van der Waals surface area (Å²) < 4.78 is 5.81. The maximum atomic E-state index is 11.3. The van der Waals surface area contributed by atoms with Crippen LogP contribution in [0.15, 0.2) is 28.7 Å². The van der Waals surface area contributed by atoms with E-state index in [1.165, 1.54) is 12.7 Å². The van der Waals surface area contributed by atoms with Crippen molar-refractivity contribution >= 4 is 21.9 Å². The molecular formula is C14H18BrNO2. The molecular weight excluding hydrogens is 294 g/mol. The van der Waals surface area contributed by atoms with E-state index in [2.05, 4.69) is 45.5 Å². The van der Waals surface area contributed by atoms with Crippen LogP contribution < -0.4 is 5.32 Å². The summed E-state index contributed by atoms with van der Waals surface area (Å²) in [7, 11) is 1.42. The minimum atomic E-state index is -0.217. The minimum absolute atomic E-state index is 0.193. The number of nitrogens with one attached hydrogen (secondary N) is 1. The van der Waals surface area contributed by atoms with Crippen molar-refractivity contribution in [2.45, 2.75) is 37.8 Å². The van der Waals surface area contributed by atoms with Crippen LogP contribution in [-0.2, 0) is 9.53 Å². The Kier molecular flexibility index (Phi) is 4.40. The van der Waals surface area contributed by atoms with Crippen molar-refractivity contribution in [3.05, 3.63) is 34.3 Å². The maximum Gasteiger partial charge on any atom is 0.322 e. The van der Waals surface area contributed by atoms with Crippen LogP contribution in [0.5, 0.6) is 0 Å². The third-order valence-corrected chi connectivity index (χ3v) is 4.05. The molecule has 0 radical (unpaired) electrons. The summed E-state index contributed by atoms with van der Waals surface area (Å²) in [6.45, 7) is 1.85. The van der Waals surface area contributed by atoms with Crippen molar-refractivity contribution in [2.75, 3.05) is 7.11 Å². The zero-order valence-corrected chi connectivity index (χ0v) is 12.2. The molecule has 0 heterocycles. The predicted octanol–water partition coefficient (Wildman–Crippen LogP) is 2.85. The average molecular weight is 312 g/mol. The number of halogens is 1. The van der Waals surface area contributed by atoms with E-state index in [-0.39, 0.29) is 12.0 Å². The third kappa shape index (κ3) is 3.12. The highest BCUT2D eigenvalue weighted by molar-refractivity contribution is 9.10. The predicted molar refractivity (Wildman–Crippen MR) is 74.5 cm³/mol. The van der Waals surface area contributed by atoms with E-state index >= 15 is 0 Å². The van der Waals surface area contributed by atoms with Crippen molar-refractivity contribution in [3.63, 3.8) is 0 Å². The number of hydrogen-bond donors (Lipinski definition) is 1. The zero-order chi connectivity index (χ0) is 13.1.